The van der Waals surface area contributed by atoms with Crippen LogP contribution in [0.1, 0.15) is 38.2 Å². The number of phenols is 2. The third-order valence-corrected chi connectivity index (χ3v) is 3.29. The Balaban J connectivity index is 2.84. The fourth-order valence-corrected chi connectivity index (χ4v) is 2.13. The minimum Gasteiger partial charge on any atom is -0.504 e. The van der Waals surface area contributed by atoms with Gasteiger partial charge in [-0.05, 0) is 12.5 Å². The number of alkyl halides is 2. The topological polar surface area (TPSA) is 40.5 Å². The molecule has 0 heterocycles. The van der Waals surface area contributed by atoms with E-state index in [1.54, 1.807) is 12.1 Å². The molecule has 0 aromatic heterocycles. The van der Waals surface area contributed by atoms with Crippen molar-refractivity contribution in [2.24, 2.45) is 0 Å². The molecular weight excluding hydrogens is 247 g/mol. The van der Waals surface area contributed by atoms with Crippen molar-refractivity contribution >= 4 is 23.2 Å². The summed E-state index contributed by atoms with van der Waals surface area (Å²) in [6.45, 7) is 2.09. The van der Waals surface area contributed by atoms with Gasteiger partial charge >= 0.3 is 0 Å². The summed E-state index contributed by atoms with van der Waals surface area (Å²) in [4.78, 5) is 0. The fourth-order valence-electron chi connectivity index (χ4n) is 1.56. The van der Waals surface area contributed by atoms with Gasteiger partial charge in [0.2, 0.25) is 0 Å². The number of halogens is 2. The summed E-state index contributed by atoms with van der Waals surface area (Å²) in [6, 6.07) is 4.64. The molecule has 90 valence electrons. The van der Waals surface area contributed by atoms with Crippen LogP contribution in [-0.2, 0) is 4.33 Å². The first-order chi connectivity index (χ1) is 7.49. The molecule has 0 unspecified atom stereocenters. The van der Waals surface area contributed by atoms with Crippen molar-refractivity contribution in [1.29, 1.82) is 0 Å². The molecular formula is C12H16Cl2O2. The molecule has 0 atom stereocenters. The van der Waals surface area contributed by atoms with Gasteiger partial charge in [0.15, 0.2) is 11.5 Å². The Morgan fingerprint density at radius 3 is 2.50 bits per heavy atom. The molecule has 0 saturated heterocycles. The smallest absolute Gasteiger partial charge is 0.163 e. The molecule has 0 spiro atoms. The predicted molar refractivity (Wildman–Crippen MR) is 67.3 cm³/mol. The Morgan fingerprint density at radius 1 is 1.19 bits per heavy atom. The highest BCUT2D eigenvalue weighted by Gasteiger charge is 2.29. The van der Waals surface area contributed by atoms with Gasteiger partial charge in [-0.1, -0.05) is 61.5 Å². The highest BCUT2D eigenvalue weighted by atomic mass is 35.5. The Labute approximate surface area is 106 Å². The van der Waals surface area contributed by atoms with Crippen molar-refractivity contribution in [3.63, 3.8) is 0 Å². The molecule has 16 heavy (non-hydrogen) atoms. The predicted octanol–water partition coefficient (Wildman–Crippen LogP) is 4.31. The number of hydrogen-bond donors (Lipinski definition) is 2. The van der Waals surface area contributed by atoms with Crippen LogP contribution in [0.15, 0.2) is 18.2 Å². The van der Waals surface area contributed by atoms with Gasteiger partial charge in [-0.3, -0.25) is 0 Å². The van der Waals surface area contributed by atoms with E-state index in [-0.39, 0.29) is 11.5 Å². The van der Waals surface area contributed by atoms with Gasteiger partial charge in [-0.25, -0.2) is 0 Å². The molecule has 2 N–H and O–H groups in total. The minimum atomic E-state index is -1.14. The Hall–Kier alpha value is -0.600. The van der Waals surface area contributed by atoms with Gasteiger partial charge in [0.1, 0.15) is 4.33 Å². The molecule has 1 aromatic rings. The zero-order chi connectivity index (χ0) is 12.2. The van der Waals surface area contributed by atoms with Crippen LogP contribution in [0.4, 0.5) is 0 Å². The average Bonchev–Trinajstić information content (AvgIpc) is 2.22. The van der Waals surface area contributed by atoms with Crippen LogP contribution in [0.2, 0.25) is 0 Å². The number of hydrogen-bond acceptors (Lipinski definition) is 2. The number of para-hydroxylation sites is 1. The van der Waals surface area contributed by atoms with Crippen LogP contribution in [0.3, 0.4) is 0 Å². The zero-order valence-electron chi connectivity index (χ0n) is 9.21. The van der Waals surface area contributed by atoms with E-state index in [4.69, 9.17) is 23.2 Å². The van der Waals surface area contributed by atoms with Gasteiger partial charge in [-0.2, -0.15) is 0 Å². The average molecular weight is 263 g/mol. The van der Waals surface area contributed by atoms with Crippen LogP contribution in [0, 0.1) is 0 Å². The van der Waals surface area contributed by atoms with Gasteiger partial charge < -0.3 is 10.2 Å². The standard InChI is InChI=1S/C12H16Cl2O2/c1-2-3-4-8-12(13,14)9-6-5-7-10(15)11(9)16/h5-7,15-16H,2-4,8H2,1H3. The molecule has 0 saturated carbocycles. The molecule has 0 amide bonds. The molecule has 0 aliphatic rings. The first-order valence-corrected chi connectivity index (χ1v) is 6.14. The maximum atomic E-state index is 9.67. The highest BCUT2D eigenvalue weighted by Crippen LogP contribution is 2.45. The van der Waals surface area contributed by atoms with Crippen LogP contribution in [-0.4, -0.2) is 10.2 Å². The van der Waals surface area contributed by atoms with Gasteiger partial charge in [-0.15, -0.1) is 0 Å². The van der Waals surface area contributed by atoms with E-state index in [0.29, 0.717) is 12.0 Å². The number of rotatable bonds is 5. The molecule has 0 aliphatic carbocycles. The number of phenolic OH excluding ortho intramolecular Hbond substituents is 2. The van der Waals surface area contributed by atoms with E-state index in [1.165, 1.54) is 6.07 Å². The summed E-state index contributed by atoms with van der Waals surface area (Å²) in [5, 5.41) is 19.0. The maximum absolute atomic E-state index is 9.67. The Kier molecular flexibility index (Phi) is 4.75. The largest absolute Gasteiger partial charge is 0.504 e. The van der Waals surface area contributed by atoms with Crippen molar-refractivity contribution < 1.29 is 10.2 Å². The second-order valence-electron chi connectivity index (χ2n) is 3.83. The van der Waals surface area contributed by atoms with E-state index >= 15 is 0 Å². The molecule has 2 nitrogen and oxygen atoms in total. The molecule has 0 aliphatic heterocycles. The summed E-state index contributed by atoms with van der Waals surface area (Å²) >= 11 is 12.3. The van der Waals surface area contributed by atoms with Gasteiger partial charge in [0, 0.05) is 5.56 Å². The van der Waals surface area contributed by atoms with Crippen molar-refractivity contribution in [1.82, 2.24) is 0 Å². The van der Waals surface area contributed by atoms with E-state index in [1.807, 2.05) is 0 Å². The van der Waals surface area contributed by atoms with Crippen molar-refractivity contribution in [2.75, 3.05) is 0 Å². The lowest BCUT2D eigenvalue weighted by atomic mass is 10.0. The monoisotopic (exact) mass is 262 g/mol. The normalized spacial score (nSPS) is 11.7. The maximum Gasteiger partial charge on any atom is 0.163 e. The number of benzene rings is 1. The molecule has 4 heteroatoms. The molecule has 0 bridgehead atoms. The van der Waals surface area contributed by atoms with Crippen molar-refractivity contribution in [3.05, 3.63) is 23.8 Å². The van der Waals surface area contributed by atoms with Crippen LogP contribution < -0.4 is 0 Å². The van der Waals surface area contributed by atoms with Gasteiger partial charge in [0.05, 0.1) is 0 Å². The summed E-state index contributed by atoms with van der Waals surface area (Å²) in [7, 11) is 0. The van der Waals surface area contributed by atoms with Crippen molar-refractivity contribution in [3.8, 4) is 11.5 Å². The molecule has 1 rings (SSSR count). The second-order valence-corrected chi connectivity index (χ2v) is 5.32. The summed E-state index contributed by atoms with van der Waals surface area (Å²) in [6.07, 6.45) is 3.57. The van der Waals surface area contributed by atoms with Crippen LogP contribution in [0.25, 0.3) is 0 Å². The lowest BCUT2D eigenvalue weighted by molar-refractivity contribution is 0.396. The summed E-state index contributed by atoms with van der Waals surface area (Å²) < 4.78 is -1.14. The van der Waals surface area contributed by atoms with Crippen LogP contribution >= 0.6 is 23.2 Å². The van der Waals surface area contributed by atoms with Gasteiger partial charge in [0.25, 0.3) is 0 Å². The highest BCUT2D eigenvalue weighted by molar-refractivity contribution is 6.48. The first kappa shape index (κ1) is 13.5. The second kappa shape index (κ2) is 5.65. The SMILES string of the molecule is CCCCCC(Cl)(Cl)c1cccc(O)c1O. The first-order valence-electron chi connectivity index (χ1n) is 5.38. The van der Waals surface area contributed by atoms with E-state index in [2.05, 4.69) is 6.92 Å². The molecule has 1 aromatic carbocycles. The fraction of sp³-hybridized carbons (Fsp3) is 0.500. The van der Waals surface area contributed by atoms with E-state index in [0.717, 1.165) is 19.3 Å². The minimum absolute atomic E-state index is 0.196. The van der Waals surface area contributed by atoms with E-state index in [9.17, 15) is 10.2 Å². The van der Waals surface area contributed by atoms with Crippen molar-refractivity contribution in [2.45, 2.75) is 36.9 Å². The quantitative estimate of drug-likeness (QED) is 0.472. The number of unbranched alkanes of at least 4 members (excludes halogenated alkanes) is 2. The zero-order valence-corrected chi connectivity index (χ0v) is 10.7. The third-order valence-electron chi connectivity index (χ3n) is 2.50. The molecule has 0 radical (unpaired) electrons. The lowest BCUT2D eigenvalue weighted by Crippen LogP contribution is -2.10. The number of aromatic hydroxyl groups is 2. The van der Waals surface area contributed by atoms with E-state index < -0.39 is 4.33 Å². The summed E-state index contributed by atoms with van der Waals surface area (Å²) in [5.74, 6) is -0.428. The lowest BCUT2D eigenvalue weighted by Gasteiger charge is -2.21. The third kappa shape index (κ3) is 3.19. The molecule has 0 fully saturated rings. The van der Waals surface area contributed by atoms with Crippen LogP contribution in [0.5, 0.6) is 11.5 Å². The Bertz CT molecular complexity index is 351. The summed E-state index contributed by atoms with van der Waals surface area (Å²) in [5.41, 5.74) is 0.368. The Morgan fingerprint density at radius 2 is 1.88 bits per heavy atom.